The predicted molar refractivity (Wildman–Crippen MR) is 116 cm³/mol. The van der Waals surface area contributed by atoms with Crippen LogP contribution in [-0.2, 0) is 11.3 Å². The second-order valence-electron chi connectivity index (χ2n) is 7.61. The van der Waals surface area contributed by atoms with E-state index < -0.39 is 5.76 Å². The van der Waals surface area contributed by atoms with Gasteiger partial charge in [0.25, 0.3) is 0 Å². The van der Waals surface area contributed by atoms with Gasteiger partial charge in [0.2, 0.25) is 5.91 Å². The smallest absolute Gasteiger partial charge is 0.419 e. The third-order valence-corrected chi connectivity index (χ3v) is 5.99. The molecule has 0 unspecified atom stereocenters. The maximum absolute atomic E-state index is 13.2. The van der Waals surface area contributed by atoms with Crippen LogP contribution in [0.5, 0.6) is 5.75 Å². The minimum absolute atomic E-state index is 0.0440. The lowest BCUT2D eigenvalue weighted by molar-refractivity contribution is -0.133. The molecule has 1 fully saturated rings. The van der Waals surface area contributed by atoms with Gasteiger partial charge in [0.05, 0.1) is 18.7 Å². The Kier molecular flexibility index (Phi) is 6.13. The summed E-state index contributed by atoms with van der Waals surface area (Å²) in [4.78, 5) is 27.4. The van der Waals surface area contributed by atoms with Crippen molar-refractivity contribution < 1.29 is 13.9 Å². The highest BCUT2D eigenvalue weighted by Gasteiger charge is 2.27. The summed E-state index contributed by atoms with van der Waals surface area (Å²) >= 11 is 5.98. The maximum atomic E-state index is 13.2. The zero-order valence-electron chi connectivity index (χ0n) is 17.0. The van der Waals surface area contributed by atoms with Crippen molar-refractivity contribution in [1.82, 2.24) is 9.47 Å². The molecule has 0 radical (unpaired) electrons. The Morgan fingerprint density at radius 3 is 2.73 bits per heavy atom. The normalized spacial score (nSPS) is 17.1. The average molecular weight is 429 g/mol. The van der Waals surface area contributed by atoms with Crippen LogP contribution in [0.4, 0.5) is 0 Å². The van der Waals surface area contributed by atoms with E-state index in [-0.39, 0.29) is 24.9 Å². The van der Waals surface area contributed by atoms with Gasteiger partial charge in [-0.25, -0.2) is 4.79 Å². The molecule has 0 N–H and O–H groups in total. The lowest BCUT2D eigenvalue weighted by Gasteiger charge is -2.30. The molecular formula is C23H25ClN2O4. The number of benzene rings is 2. The van der Waals surface area contributed by atoms with Crippen molar-refractivity contribution in [2.75, 3.05) is 13.7 Å². The molecule has 0 spiro atoms. The van der Waals surface area contributed by atoms with Crippen molar-refractivity contribution in [3.63, 3.8) is 0 Å². The highest BCUT2D eigenvalue weighted by Crippen LogP contribution is 2.31. The summed E-state index contributed by atoms with van der Waals surface area (Å²) in [6, 6.07) is 13.1. The molecule has 7 heteroatoms. The molecule has 0 bridgehead atoms. The zero-order valence-corrected chi connectivity index (χ0v) is 17.7. The van der Waals surface area contributed by atoms with Gasteiger partial charge in [-0.2, -0.15) is 0 Å². The van der Waals surface area contributed by atoms with Gasteiger partial charge in [-0.05, 0) is 42.7 Å². The first-order chi connectivity index (χ1) is 14.6. The van der Waals surface area contributed by atoms with E-state index in [1.54, 1.807) is 25.3 Å². The first kappa shape index (κ1) is 20.5. The Morgan fingerprint density at radius 2 is 1.97 bits per heavy atom. The van der Waals surface area contributed by atoms with Crippen LogP contribution in [0.15, 0.2) is 51.7 Å². The van der Waals surface area contributed by atoms with Gasteiger partial charge in [0.1, 0.15) is 5.75 Å². The molecule has 158 valence electrons. The number of nitrogens with zero attached hydrogens (tertiary/aromatic N) is 2. The van der Waals surface area contributed by atoms with Gasteiger partial charge < -0.3 is 14.1 Å². The molecule has 4 rings (SSSR count). The molecule has 30 heavy (non-hydrogen) atoms. The van der Waals surface area contributed by atoms with E-state index in [0.717, 1.165) is 43.5 Å². The molecule has 6 nitrogen and oxygen atoms in total. The highest BCUT2D eigenvalue weighted by molar-refractivity contribution is 6.31. The first-order valence-electron chi connectivity index (χ1n) is 10.3. The van der Waals surface area contributed by atoms with Crippen molar-refractivity contribution in [1.29, 1.82) is 0 Å². The summed E-state index contributed by atoms with van der Waals surface area (Å²) < 4.78 is 12.0. The number of methoxy groups -OCH3 is 1. The van der Waals surface area contributed by atoms with Crippen molar-refractivity contribution in [3.8, 4) is 5.75 Å². The van der Waals surface area contributed by atoms with Gasteiger partial charge in [-0.15, -0.1) is 0 Å². The molecule has 1 aliphatic heterocycles. The van der Waals surface area contributed by atoms with Crippen LogP contribution in [0.1, 0.15) is 43.7 Å². The van der Waals surface area contributed by atoms with Crippen LogP contribution in [-0.4, -0.2) is 29.0 Å². The van der Waals surface area contributed by atoms with Gasteiger partial charge in [-0.1, -0.05) is 36.6 Å². The third kappa shape index (κ3) is 4.24. The number of hydrogen-bond donors (Lipinski definition) is 0. The number of ether oxygens (including phenoxy) is 1. The maximum Gasteiger partial charge on any atom is 0.419 e. The van der Waals surface area contributed by atoms with Crippen LogP contribution in [0.2, 0.25) is 5.02 Å². The monoisotopic (exact) mass is 428 g/mol. The number of likely N-dealkylation sites (tertiary alicyclic amines) is 1. The van der Waals surface area contributed by atoms with Crippen LogP contribution in [0.3, 0.4) is 0 Å². The van der Waals surface area contributed by atoms with E-state index in [1.165, 1.54) is 4.57 Å². The second-order valence-corrected chi connectivity index (χ2v) is 8.04. The van der Waals surface area contributed by atoms with Gasteiger partial charge >= 0.3 is 5.76 Å². The number of aromatic nitrogens is 1. The van der Waals surface area contributed by atoms with Crippen LogP contribution in [0, 0.1) is 0 Å². The van der Waals surface area contributed by atoms with Crippen molar-refractivity contribution in [2.45, 2.75) is 44.7 Å². The third-order valence-electron chi connectivity index (χ3n) is 5.75. The Balaban J connectivity index is 1.53. The number of oxazole rings is 1. The SMILES string of the molecule is COc1ccc([C@H]2CCCCCN2C(=O)CCn2c(=O)oc3cc(Cl)ccc32)cc1. The Bertz CT molecular complexity index is 1090. The summed E-state index contributed by atoms with van der Waals surface area (Å²) in [5.74, 6) is 0.382. The summed E-state index contributed by atoms with van der Waals surface area (Å²) in [5, 5.41) is 0.506. The Hall–Kier alpha value is -2.73. The number of carbonyl (C=O) groups is 1. The number of fused-ring (bicyclic) bond motifs is 1. The fraction of sp³-hybridized carbons (Fsp3) is 0.391. The number of aryl methyl sites for hydroxylation is 1. The number of amides is 1. The molecule has 0 saturated carbocycles. The van der Waals surface area contributed by atoms with E-state index >= 15 is 0 Å². The van der Waals surface area contributed by atoms with E-state index in [9.17, 15) is 9.59 Å². The molecule has 1 atom stereocenters. The summed E-state index contributed by atoms with van der Waals surface area (Å²) in [6.45, 7) is 1.00. The lowest BCUT2D eigenvalue weighted by atomic mass is 10.0. The van der Waals surface area contributed by atoms with Crippen molar-refractivity contribution >= 4 is 28.6 Å². The number of hydrogen-bond acceptors (Lipinski definition) is 4. The fourth-order valence-corrected chi connectivity index (χ4v) is 4.34. The van der Waals surface area contributed by atoms with Crippen molar-refractivity contribution in [3.05, 3.63) is 63.6 Å². The minimum atomic E-state index is -0.470. The summed E-state index contributed by atoms with van der Waals surface area (Å²) in [7, 11) is 1.64. The molecule has 1 aromatic heterocycles. The van der Waals surface area contributed by atoms with Gasteiger partial charge in [-0.3, -0.25) is 9.36 Å². The number of rotatable bonds is 5. The number of halogens is 1. The molecule has 1 saturated heterocycles. The summed E-state index contributed by atoms with van der Waals surface area (Å²) in [5.41, 5.74) is 2.21. The first-order valence-corrected chi connectivity index (χ1v) is 10.7. The largest absolute Gasteiger partial charge is 0.497 e. The standard InChI is InChI=1S/C23H25ClN2O4/c1-29-18-9-6-16(7-10-18)19-5-3-2-4-13-25(19)22(27)12-14-26-20-11-8-17(24)15-21(20)30-23(26)28/h6-11,15,19H,2-5,12-14H2,1H3/t19-/m1/s1. The molecule has 1 aliphatic rings. The number of carbonyl (C=O) groups excluding carboxylic acids is 1. The molecule has 1 amide bonds. The quantitative estimate of drug-likeness (QED) is 0.586. The predicted octanol–water partition coefficient (Wildman–Crippen LogP) is 4.79. The second kappa shape index (κ2) is 8.96. The fourth-order valence-electron chi connectivity index (χ4n) is 4.18. The zero-order chi connectivity index (χ0) is 21.1. The van der Waals surface area contributed by atoms with Crippen LogP contribution in [0.25, 0.3) is 11.1 Å². The van der Waals surface area contributed by atoms with Gasteiger partial charge in [0.15, 0.2) is 5.58 Å². The Morgan fingerprint density at radius 1 is 1.17 bits per heavy atom. The lowest BCUT2D eigenvalue weighted by Crippen LogP contribution is -2.35. The average Bonchev–Trinajstić information content (AvgIpc) is 2.91. The minimum Gasteiger partial charge on any atom is -0.497 e. The molecular weight excluding hydrogens is 404 g/mol. The summed E-state index contributed by atoms with van der Waals surface area (Å²) in [6.07, 6.45) is 4.37. The van der Waals surface area contributed by atoms with E-state index in [2.05, 4.69) is 0 Å². The molecule has 3 aromatic rings. The van der Waals surface area contributed by atoms with E-state index in [4.69, 9.17) is 20.8 Å². The topological polar surface area (TPSA) is 64.7 Å². The molecule has 0 aliphatic carbocycles. The van der Waals surface area contributed by atoms with Crippen molar-refractivity contribution in [2.24, 2.45) is 0 Å². The molecule has 2 aromatic carbocycles. The highest BCUT2D eigenvalue weighted by atomic mass is 35.5. The Labute approximate surface area is 180 Å². The van der Waals surface area contributed by atoms with Crippen LogP contribution >= 0.6 is 11.6 Å². The van der Waals surface area contributed by atoms with E-state index in [1.807, 2.05) is 29.2 Å². The van der Waals surface area contributed by atoms with E-state index in [0.29, 0.717) is 16.1 Å². The van der Waals surface area contributed by atoms with Gasteiger partial charge in [0, 0.05) is 30.6 Å². The molecule has 2 heterocycles. The van der Waals surface area contributed by atoms with Crippen LogP contribution < -0.4 is 10.5 Å².